The molecule has 2 N–H and O–H groups in total. The summed E-state index contributed by atoms with van der Waals surface area (Å²) in [5.74, 6) is 2.48. The predicted molar refractivity (Wildman–Crippen MR) is 113 cm³/mol. The molecule has 0 bridgehead atoms. The SMILES string of the molecule is CN=C(NCCOc1ccc(C)cc1)NCc1ccc(OC)cc1.I. The number of nitrogens with one attached hydrogen (secondary N) is 2. The van der Waals surface area contributed by atoms with E-state index in [9.17, 15) is 0 Å². The van der Waals surface area contributed by atoms with Gasteiger partial charge in [0, 0.05) is 13.6 Å². The third-order valence-corrected chi connectivity index (χ3v) is 3.53. The molecule has 6 heteroatoms. The molecule has 136 valence electrons. The molecule has 0 aromatic heterocycles. The van der Waals surface area contributed by atoms with Crippen LogP contribution in [-0.4, -0.2) is 33.3 Å². The highest BCUT2D eigenvalue weighted by Gasteiger charge is 1.99. The Morgan fingerprint density at radius 1 is 0.960 bits per heavy atom. The summed E-state index contributed by atoms with van der Waals surface area (Å²) in [4.78, 5) is 4.21. The van der Waals surface area contributed by atoms with Gasteiger partial charge in [-0.3, -0.25) is 4.99 Å². The summed E-state index contributed by atoms with van der Waals surface area (Å²) in [5, 5.41) is 6.50. The fraction of sp³-hybridized carbons (Fsp3) is 0.316. The molecule has 0 aliphatic heterocycles. The van der Waals surface area contributed by atoms with E-state index in [1.165, 1.54) is 5.56 Å². The van der Waals surface area contributed by atoms with Gasteiger partial charge in [-0.2, -0.15) is 0 Å². The van der Waals surface area contributed by atoms with Gasteiger partial charge in [0.2, 0.25) is 0 Å². The Hall–Kier alpha value is -1.96. The lowest BCUT2D eigenvalue weighted by Gasteiger charge is -2.13. The number of guanidine groups is 1. The lowest BCUT2D eigenvalue weighted by Crippen LogP contribution is -2.38. The minimum atomic E-state index is 0. The summed E-state index contributed by atoms with van der Waals surface area (Å²) in [5.41, 5.74) is 2.39. The van der Waals surface area contributed by atoms with Crippen molar-refractivity contribution >= 4 is 29.9 Å². The van der Waals surface area contributed by atoms with E-state index in [4.69, 9.17) is 9.47 Å². The zero-order valence-electron chi connectivity index (χ0n) is 14.9. The van der Waals surface area contributed by atoms with E-state index in [1.807, 2.05) is 48.5 Å². The van der Waals surface area contributed by atoms with Gasteiger partial charge >= 0.3 is 0 Å². The minimum absolute atomic E-state index is 0. The molecular weight excluding hydrogens is 429 g/mol. The summed E-state index contributed by atoms with van der Waals surface area (Å²) in [7, 11) is 3.42. The molecule has 5 nitrogen and oxygen atoms in total. The second-order valence-corrected chi connectivity index (χ2v) is 5.36. The summed E-state index contributed by atoms with van der Waals surface area (Å²) in [6.07, 6.45) is 0. The molecule has 2 rings (SSSR count). The number of hydrogen-bond donors (Lipinski definition) is 2. The first-order chi connectivity index (χ1) is 11.7. The summed E-state index contributed by atoms with van der Waals surface area (Å²) >= 11 is 0. The topological polar surface area (TPSA) is 54.9 Å². The summed E-state index contributed by atoms with van der Waals surface area (Å²) in [6.45, 7) is 4.01. The monoisotopic (exact) mass is 455 g/mol. The van der Waals surface area contributed by atoms with Crippen LogP contribution in [0.3, 0.4) is 0 Å². The Bertz CT molecular complexity index is 643. The molecule has 0 heterocycles. The normalized spacial score (nSPS) is 10.6. The molecule has 2 aromatic carbocycles. The first-order valence-electron chi connectivity index (χ1n) is 7.98. The summed E-state index contributed by atoms with van der Waals surface area (Å²) in [6, 6.07) is 16.0. The fourth-order valence-corrected chi connectivity index (χ4v) is 2.12. The van der Waals surface area contributed by atoms with Crippen molar-refractivity contribution in [1.82, 2.24) is 10.6 Å². The van der Waals surface area contributed by atoms with Gasteiger partial charge < -0.3 is 20.1 Å². The zero-order valence-corrected chi connectivity index (χ0v) is 17.2. The average molecular weight is 455 g/mol. The van der Waals surface area contributed by atoms with E-state index in [0.717, 1.165) is 23.0 Å². The van der Waals surface area contributed by atoms with Crippen molar-refractivity contribution < 1.29 is 9.47 Å². The highest BCUT2D eigenvalue weighted by Crippen LogP contribution is 2.11. The zero-order chi connectivity index (χ0) is 17.2. The minimum Gasteiger partial charge on any atom is -0.497 e. The van der Waals surface area contributed by atoms with Crippen LogP contribution in [0.25, 0.3) is 0 Å². The number of hydrogen-bond acceptors (Lipinski definition) is 3. The van der Waals surface area contributed by atoms with Gasteiger partial charge in [0.1, 0.15) is 18.1 Å². The number of aryl methyl sites for hydroxylation is 1. The van der Waals surface area contributed by atoms with Crippen LogP contribution in [0.1, 0.15) is 11.1 Å². The van der Waals surface area contributed by atoms with Crippen LogP contribution in [0.5, 0.6) is 11.5 Å². The van der Waals surface area contributed by atoms with Gasteiger partial charge in [-0.25, -0.2) is 0 Å². The van der Waals surface area contributed by atoms with E-state index in [1.54, 1.807) is 14.2 Å². The number of nitrogens with zero attached hydrogens (tertiary/aromatic N) is 1. The Balaban J connectivity index is 0.00000312. The van der Waals surface area contributed by atoms with Crippen LogP contribution in [0.2, 0.25) is 0 Å². The maximum atomic E-state index is 5.69. The molecule has 25 heavy (non-hydrogen) atoms. The van der Waals surface area contributed by atoms with E-state index in [-0.39, 0.29) is 24.0 Å². The standard InChI is InChI=1S/C19H25N3O2.HI/c1-15-4-8-18(9-5-15)24-13-12-21-19(20-2)22-14-16-6-10-17(23-3)11-7-16;/h4-11H,12-14H2,1-3H3,(H2,20,21,22);1H. The molecule has 0 unspecified atom stereocenters. The van der Waals surface area contributed by atoms with Crippen LogP contribution in [-0.2, 0) is 6.54 Å². The van der Waals surface area contributed by atoms with Crippen LogP contribution in [0.4, 0.5) is 0 Å². The molecule has 0 fully saturated rings. The number of halogens is 1. The highest BCUT2D eigenvalue weighted by atomic mass is 127. The highest BCUT2D eigenvalue weighted by molar-refractivity contribution is 14.0. The predicted octanol–water partition coefficient (Wildman–Crippen LogP) is 3.37. The number of methoxy groups -OCH3 is 1. The van der Waals surface area contributed by atoms with Gasteiger partial charge in [0.05, 0.1) is 13.7 Å². The Morgan fingerprint density at radius 3 is 2.20 bits per heavy atom. The average Bonchev–Trinajstić information content (AvgIpc) is 2.63. The number of benzene rings is 2. The lowest BCUT2D eigenvalue weighted by atomic mass is 10.2. The molecule has 0 spiro atoms. The Morgan fingerprint density at radius 2 is 1.60 bits per heavy atom. The van der Waals surface area contributed by atoms with Gasteiger partial charge in [-0.1, -0.05) is 29.8 Å². The van der Waals surface area contributed by atoms with Crippen LogP contribution >= 0.6 is 24.0 Å². The third kappa shape index (κ3) is 7.64. The molecule has 0 aliphatic carbocycles. The van der Waals surface area contributed by atoms with Crippen molar-refractivity contribution in [2.45, 2.75) is 13.5 Å². The molecule has 2 aromatic rings. The second-order valence-electron chi connectivity index (χ2n) is 5.36. The van der Waals surface area contributed by atoms with Crippen molar-refractivity contribution in [1.29, 1.82) is 0 Å². The maximum Gasteiger partial charge on any atom is 0.191 e. The first-order valence-corrected chi connectivity index (χ1v) is 7.98. The Labute approximate surface area is 166 Å². The van der Waals surface area contributed by atoms with Gasteiger partial charge in [0.25, 0.3) is 0 Å². The first kappa shape index (κ1) is 21.1. The molecular formula is C19H26IN3O2. The second kappa shape index (κ2) is 11.6. The van der Waals surface area contributed by atoms with E-state index >= 15 is 0 Å². The van der Waals surface area contributed by atoms with Crippen molar-refractivity contribution in [3.8, 4) is 11.5 Å². The number of aliphatic imine (C=N–C) groups is 1. The van der Waals surface area contributed by atoms with Crippen LogP contribution in [0, 0.1) is 6.92 Å². The quantitative estimate of drug-likeness (QED) is 0.291. The Kier molecular flexibility index (Phi) is 9.76. The molecule has 0 saturated heterocycles. The van der Waals surface area contributed by atoms with E-state index < -0.39 is 0 Å². The lowest BCUT2D eigenvalue weighted by molar-refractivity contribution is 0.322. The van der Waals surface area contributed by atoms with E-state index in [0.29, 0.717) is 19.7 Å². The molecule has 0 saturated carbocycles. The van der Waals surface area contributed by atoms with Crippen molar-refractivity contribution in [3.63, 3.8) is 0 Å². The molecule has 0 aliphatic rings. The number of rotatable bonds is 7. The van der Waals surface area contributed by atoms with Gasteiger partial charge in [-0.15, -0.1) is 24.0 Å². The summed E-state index contributed by atoms with van der Waals surface area (Å²) < 4.78 is 10.8. The van der Waals surface area contributed by atoms with Crippen LogP contribution in [0.15, 0.2) is 53.5 Å². The third-order valence-electron chi connectivity index (χ3n) is 3.53. The van der Waals surface area contributed by atoms with Crippen molar-refractivity contribution in [2.24, 2.45) is 4.99 Å². The molecule has 0 radical (unpaired) electrons. The van der Waals surface area contributed by atoms with Gasteiger partial charge in [-0.05, 0) is 36.8 Å². The van der Waals surface area contributed by atoms with Crippen molar-refractivity contribution in [2.75, 3.05) is 27.3 Å². The van der Waals surface area contributed by atoms with Gasteiger partial charge in [0.15, 0.2) is 5.96 Å². The maximum absolute atomic E-state index is 5.69. The fourth-order valence-electron chi connectivity index (χ4n) is 2.12. The molecule has 0 amide bonds. The molecule has 0 atom stereocenters. The van der Waals surface area contributed by atoms with Crippen molar-refractivity contribution in [3.05, 3.63) is 59.7 Å². The van der Waals surface area contributed by atoms with E-state index in [2.05, 4.69) is 22.5 Å². The number of ether oxygens (including phenoxy) is 2. The largest absolute Gasteiger partial charge is 0.497 e. The smallest absolute Gasteiger partial charge is 0.191 e. The van der Waals surface area contributed by atoms with Crippen LogP contribution < -0.4 is 20.1 Å².